The first-order chi connectivity index (χ1) is 10.0. The molecule has 1 saturated carbocycles. The summed E-state index contributed by atoms with van der Waals surface area (Å²) in [6.07, 6.45) is 9.96. The lowest BCUT2D eigenvalue weighted by Crippen LogP contribution is -2.41. The maximum atomic E-state index is 3.50. The lowest BCUT2D eigenvalue weighted by atomic mass is 9.76. The minimum absolute atomic E-state index is 0.501. The third-order valence-electron chi connectivity index (χ3n) is 6.04. The van der Waals surface area contributed by atoms with Crippen LogP contribution < -0.4 is 5.32 Å². The van der Waals surface area contributed by atoms with Gasteiger partial charge in [-0.15, -0.1) is 0 Å². The Labute approximate surface area is 133 Å². The fourth-order valence-electron chi connectivity index (χ4n) is 4.45. The van der Waals surface area contributed by atoms with Crippen molar-refractivity contribution in [2.24, 2.45) is 17.3 Å². The lowest BCUT2D eigenvalue weighted by molar-refractivity contribution is 0.141. The molecule has 2 heteroatoms. The predicted octanol–water partition coefficient (Wildman–Crippen LogP) is 4.30. The Kier molecular flexibility index (Phi) is 6.55. The Hall–Kier alpha value is -0.0800. The monoisotopic (exact) mass is 294 g/mol. The molecule has 0 aromatic rings. The zero-order chi connectivity index (χ0) is 15.3. The van der Waals surface area contributed by atoms with Crippen LogP contribution in [0.25, 0.3) is 0 Å². The molecule has 2 atom stereocenters. The van der Waals surface area contributed by atoms with Crippen LogP contribution in [-0.2, 0) is 0 Å². The Bertz CT molecular complexity index is 288. The second kappa shape index (κ2) is 7.97. The number of piperidine rings is 1. The van der Waals surface area contributed by atoms with Gasteiger partial charge in [-0.2, -0.15) is 0 Å². The average molecular weight is 295 g/mol. The number of nitrogens with one attached hydrogen (secondary N) is 1. The highest BCUT2D eigenvalue weighted by Crippen LogP contribution is 2.38. The van der Waals surface area contributed by atoms with Crippen LogP contribution in [-0.4, -0.2) is 37.1 Å². The first kappa shape index (κ1) is 17.3. The quantitative estimate of drug-likeness (QED) is 0.778. The number of rotatable bonds is 4. The molecule has 21 heavy (non-hydrogen) atoms. The molecule has 2 fully saturated rings. The van der Waals surface area contributed by atoms with Gasteiger partial charge in [0.1, 0.15) is 0 Å². The third-order valence-corrected chi connectivity index (χ3v) is 6.04. The number of hydrogen-bond acceptors (Lipinski definition) is 2. The fourth-order valence-corrected chi connectivity index (χ4v) is 4.45. The van der Waals surface area contributed by atoms with E-state index in [1.165, 1.54) is 71.1 Å². The van der Waals surface area contributed by atoms with Crippen LogP contribution in [0.1, 0.15) is 72.6 Å². The Balaban J connectivity index is 1.86. The lowest BCUT2D eigenvalue weighted by Gasteiger charge is -2.35. The van der Waals surface area contributed by atoms with Crippen molar-refractivity contribution in [2.45, 2.75) is 78.7 Å². The molecule has 0 radical (unpaired) electrons. The van der Waals surface area contributed by atoms with E-state index in [0.29, 0.717) is 5.41 Å². The van der Waals surface area contributed by atoms with Gasteiger partial charge in [0.25, 0.3) is 0 Å². The highest BCUT2D eigenvalue weighted by Gasteiger charge is 2.30. The molecular weight excluding hydrogens is 256 g/mol. The van der Waals surface area contributed by atoms with Crippen LogP contribution in [0, 0.1) is 17.3 Å². The smallest absolute Gasteiger partial charge is 0.00953 e. The highest BCUT2D eigenvalue weighted by atomic mass is 15.2. The normalized spacial score (nSPS) is 29.6. The van der Waals surface area contributed by atoms with E-state index in [1.807, 2.05) is 0 Å². The summed E-state index contributed by atoms with van der Waals surface area (Å²) in [6, 6.07) is 0.859. The standard InChI is InChI=1S/C19H38N2/c1-5-21(15-16-11-13-20-14-12-16)18-8-6-7-17(9-10-18)19(2,3)4/h16-18,20H,5-15H2,1-4H3. The maximum absolute atomic E-state index is 3.50. The molecule has 124 valence electrons. The van der Waals surface area contributed by atoms with Crippen molar-refractivity contribution in [1.82, 2.24) is 10.2 Å². The molecule has 0 bridgehead atoms. The first-order valence-electron chi connectivity index (χ1n) is 9.45. The molecule has 1 heterocycles. The summed E-state index contributed by atoms with van der Waals surface area (Å²) >= 11 is 0. The topological polar surface area (TPSA) is 15.3 Å². The van der Waals surface area contributed by atoms with E-state index in [-0.39, 0.29) is 0 Å². The number of nitrogens with zero attached hydrogens (tertiary/aromatic N) is 1. The molecular formula is C19H38N2. The van der Waals surface area contributed by atoms with Gasteiger partial charge in [0.2, 0.25) is 0 Å². The van der Waals surface area contributed by atoms with Crippen molar-refractivity contribution in [3.8, 4) is 0 Å². The van der Waals surface area contributed by atoms with Crippen LogP contribution in [0.3, 0.4) is 0 Å². The summed E-state index contributed by atoms with van der Waals surface area (Å²) in [7, 11) is 0. The first-order valence-corrected chi connectivity index (χ1v) is 9.45. The predicted molar refractivity (Wildman–Crippen MR) is 92.7 cm³/mol. The van der Waals surface area contributed by atoms with Gasteiger partial charge in [0.05, 0.1) is 0 Å². The molecule has 2 aliphatic rings. The SMILES string of the molecule is CCN(CC1CCNCC1)C1CCCC(C(C)(C)C)CC1. The van der Waals surface area contributed by atoms with Gasteiger partial charge in [-0.05, 0) is 75.4 Å². The zero-order valence-electron chi connectivity index (χ0n) is 15.0. The van der Waals surface area contributed by atoms with E-state index in [9.17, 15) is 0 Å². The van der Waals surface area contributed by atoms with Crippen molar-refractivity contribution >= 4 is 0 Å². The van der Waals surface area contributed by atoms with Gasteiger partial charge < -0.3 is 10.2 Å². The number of hydrogen-bond donors (Lipinski definition) is 1. The molecule has 2 unspecified atom stereocenters. The van der Waals surface area contributed by atoms with Gasteiger partial charge >= 0.3 is 0 Å². The van der Waals surface area contributed by atoms with Crippen LogP contribution in [0.2, 0.25) is 0 Å². The van der Waals surface area contributed by atoms with Gasteiger partial charge in [0, 0.05) is 12.6 Å². The van der Waals surface area contributed by atoms with E-state index in [4.69, 9.17) is 0 Å². The highest BCUT2D eigenvalue weighted by molar-refractivity contribution is 4.83. The molecule has 0 aromatic heterocycles. The van der Waals surface area contributed by atoms with E-state index < -0.39 is 0 Å². The second-order valence-corrected chi connectivity index (χ2v) is 8.51. The summed E-state index contributed by atoms with van der Waals surface area (Å²) in [6.45, 7) is 14.7. The minimum atomic E-state index is 0.501. The molecule has 0 spiro atoms. The van der Waals surface area contributed by atoms with Crippen molar-refractivity contribution in [1.29, 1.82) is 0 Å². The Morgan fingerprint density at radius 1 is 0.952 bits per heavy atom. The van der Waals surface area contributed by atoms with Crippen LogP contribution in [0.5, 0.6) is 0 Å². The van der Waals surface area contributed by atoms with Crippen molar-refractivity contribution in [2.75, 3.05) is 26.2 Å². The summed E-state index contributed by atoms with van der Waals surface area (Å²) in [5.74, 6) is 1.87. The second-order valence-electron chi connectivity index (χ2n) is 8.51. The van der Waals surface area contributed by atoms with Gasteiger partial charge in [-0.3, -0.25) is 0 Å². The molecule has 1 N–H and O–H groups in total. The maximum Gasteiger partial charge on any atom is 0.00953 e. The summed E-state index contributed by atoms with van der Waals surface area (Å²) in [4.78, 5) is 2.82. The van der Waals surface area contributed by atoms with E-state index >= 15 is 0 Å². The van der Waals surface area contributed by atoms with Gasteiger partial charge in [-0.25, -0.2) is 0 Å². The molecule has 0 aromatic carbocycles. The zero-order valence-corrected chi connectivity index (χ0v) is 15.0. The van der Waals surface area contributed by atoms with E-state index in [2.05, 4.69) is 37.9 Å². The molecule has 1 aliphatic heterocycles. The Morgan fingerprint density at radius 3 is 2.29 bits per heavy atom. The molecule has 2 rings (SSSR count). The molecule has 2 nitrogen and oxygen atoms in total. The Morgan fingerprint density at radius 2 is 1.67 bits per heavy atom. The summed E-state index contributed by atoms with van der Waals surface area (Å²) in [5.41, 5.74) is 0.501. The van der Waals surface area contributed by atoms with Crippen LogP contribution in [0.4, 0.5) is 0 Å². The minimum Gasteiger partial charge on any atom is -0.317 e. The van der Waals surface area contributed by atoms with Crippen LogP contribution >= 0.6 is 0 Å². The molecule has 1 aliphatic carbocycles. The van der Waals surface area contributed by atoms with Crippen LogP contribution in [0.15, 0.2) is 0 Å². The summed E-state index contributed by atoms with van der Waals surface area (Å²) in [5, 5.41) is 3.50. The van der Waals surface area contributed by atoms with E-state index in [0.717, 1.165) is 17.9 Å². The van der Waals surface area contributed by atoms with Gasteiger partial charge in [-0.1, -0.05) is 34.1 Å². The summed E-state index contributed by atoms with van der Waals surface area (Å²) < 4.78 is 0. The largest absolute Gasteiger partial charge is 0.317 e. The van der Waals surface area contributed by atoms with Crippen molar-refractivity contribution in [3.05, 3.63) is 0 Å². The average Bonchev–Trinajstić information content (AvgIpc) is 2.71. The molecule has 1 saturated heterocycles. The van der Waals surface area contributed by atoms with Crippen molar-refractivity contribution in [3.63, 3.8) is 0 Å². The van der Waals surface area contributed by atoms with E-state index in [1.54, 1.807) is 0 Å². The van der Waals surface area contributed by atoms with Gasteiger partial charge in [0.15, 0.2) is 0 Å². The van der Waals surface area contributed by atoms with Crippen molar-refractivity contribution < 1.29 is 0 Å². The molecule has 0 amide bonds. The third kappa shape index (κ3) is 5.25. The fraction of sp³-hybridized carbons (Fsp3) is 1.00.